The van der Waals surface area contributed by atoms with Gasteiger partial charge in [-0.05, 0) is 25.1 Å². The number of nitrogens with zero attached hydrogens (tertiary/aromatic N) is 2. The van der Waals surface area contributed by atoms with E-state index in [1.54, 1.807) is 24.3 Å². The maximum absolute atomic E-state index is 11.7. The summed E-state index contributed by atoms with van der Waals surface area (Å²) >= 11 is 0. The van der Waals surface area contributed by atoms with E-state index in [0.717, 1.165) is 5.69 Å². The highest BCUT2D eigenvalue weighted by Crippen LogP contribution is 2.19. The molecule has 0 radical (unpaired) electrons. The van der Waals surface area contributed by atoms with Crippen molar-refractivity contribution in [1.82, 2.24) is 0 Å². The molecule has 5 nitrogen and oxygen atoms in total. The molecule has 1 rings (SSSR count). The number of hydrogen-bond donors (Lipinski definition) is 1. The summed E-state index contributed by atoms with van der Waals surface area (Å²) in [4.78, 5) is 1.87. The fourth-order valence-corrected chi connectivity index (χ4v) is 1.94. The Bertz CT molecular complexity index is 532. The first kappa shape index (κ1) is 13.3. The largest absolute Gasteiger partial charge is 0.378 e. The molecule has 1 aromatic rings. The van der Waals surface area contributed by atoms with Crippen LogP contribution in [0.25, 0.3) is 0 Å². The quantitative estimate of drug-likeness (QED) is 0.880. The first-order valence-electron chi connectivity index (χ1n) is 5.05. The molecule has 0 aliphatic rings. The van der Waals surface area contributed by atoms with Gasteiger partial charge in [-0.2, -0.15) is 5.26 Å². The zero-order valence-corrected chi connectivity index (χ0v) is 10.8. The molecule has 6 heteroatoms. The highest BCUT2D eigenvalue weighted by atomic mass is 32.2. The summed E-state index contributed by atoms with van der Waals surface area (Å²) in [5.41, 5.74) is 1.34. The molecular weight excluding hydrogens is 238 g/mol. The van der Waals surface area contributed by atoms with Gasteiger partial charge in [0.25, 0.3) is 0 Å². The molecule has 0 spiro atoms. The fraction of sp³-hybridized carbons (Fsp3) is 0.364. The third kappa shape index (κ3) is 3.36. The SMILES string of the molecule is CC(C#N)S(=O)(=O)Nc1cccc(N(C)C)c1. The van der Waals surface area contributed by atoms with Crippen LogP contribution < -0.4 is 9.62 Å². The predicted octanol–water partition coefficient (Wildman–Crippen LogP) is 1.41. The number of hydrogen-bond acceptors (Lipinski definition) is 4. The van der Waals surface area contributed by atoms with Crippen molar-refractivity contribution in [2.24, 2.45) is 0 Å². The van der Waals surface area contributed by atoms with Crippen molar-refractivity contribution in [2.45, 2.75) is 12.2 Å². The number of sulfonamides is 1. The van der Waals surface area contributed by atoms with Gasteiger partial charge in [0.05, 0.1) is 11.8 Å². The summed E-state index contributed by atoms with van der Waals surface area (Å²) in [7, 11) is 0.0977. The lowest BCUT2D eigenvalue weighted by atomic mass is 10.3. The van der Waals surface area contributed by atoms with Crippen LogP contribution >= 0.6 is 0 Å². The molecule has 0 aliphatic heterocycles. The van der Waals surface area contributed by atoms with Crippen LogP contribution in [0, 0.1) is 11.3 Å². The van der Waals surface area contributed by atoms with Crippen LogP contribution in [0.1, 0.15) is 6.92 Å². The molecule has 1 atom stereocenters. The lowest BCUT2D eigenvalue weighted by molar-refractivity contribution is 0.597. The minimum atomic E-state index is -3.64. The molecular formula is C11H15N3O2S. The van der Waals surface area contributed by atoms with Crippen LogP contribution in [-0.4, -0.2) is 27.8 Å². The maximum Gasteiger partial charge on any atom is 0.248 e. The zero-order valence-electron chi connectivity index (χ0n) is 10.0. The number of anilines is 2. The fourth-order valence-electron chi connectivity index (χ4n) is 1.17. The average molecular weight is 253 g/mol. The molecule has 0 aromatic heterocycles. The van der Waals surface area contributed by atoms with Gasteiger partial charge in [0.1, 0.15) is 0 Å². The van der Waals surface area contributed by atoms with E-state index in [1.165, 1.54) is 6.92 Å². The van der Waals surface area contributed by atoms with Gasteiger partial charge in [0, 0.05) is 19.8 Å². The summed E-state index contributed by atoms with van der Waals surface area (Å²) < 4.78 is 25.7. The summed E-state index contributed by atoms with van der Waals surface area (Å²) in [5, 5.41) is 7.54. The van der Waals surface area contributed by atoms with Gasteiger partial charge in [-0.25, -0.2) is 8.42 Å². The number of nitriles is 1. The van der Waals surface area contributed by atoms with Crippen LogP contribution in [0.3, 0.4) is 0 Å². The Morgan fingerprint density at radius 3 is 2.59 bits per heavy atom. The van der Waals surface area contributed by atoms with Crippen LogP contribution in [0.15, 0.2) is 24.3 Å². The van der Waals surface area contributed by atoms with E-state index in [4.69, 9.17) is 5.26 Å². The standard InChI is InChI=1S/C11H15N3O2S/c1-9(8-12)17(15,16)13-10-5-4-6-11(7-10)14(2)3/h4-7,9,13H,1-3H3. The summed E-state index contributed by atoms with van der Waals surface area (Å²) in [6.45, 7) is 1.35. The van der Waals surface area contributed by atoms with E-state index in [-0.39, 0.29) is 0 Å². The Balaban J connectivity index is 2.97. The first-order chi connectivity index (χ1) is 7.86. The molecule has 0 fully saturated rings. The molecule has 0 saturated heterocycles. The second-order valence-corrected chi connectivity index (χ2v) is 5.86. The van der Waals surface area contributed by atoms with Crippen LogP contribution in [0.2, 0.25) is 0 Å². The Hall–Kier alpha value is -1.74. The monoisotopic (exact) mass is 253 g/mol. The van der Waals surface area contributed by atoms with Gasteiger partial charge in [-0.3, -0.25) is 4.72 Å². The third-order valence-corrected chi connectivity index (χ3v) is 3.83. The average Bonchev–Trinajstić information content (AvgIpc) is 2.27. The van der Waals surface area contributed by atoms with Crippen LogP contribution in [-0.2, 0) is 10.0 Å². The van der Waals surface area contributed by atoms with E-state index in [2.05, 4.69) is 4.72 Å². The van der Waals surface area contributed by atoms with E-state index >= 15 is 0 Å². The number of benzene rings is 1. The van der Waals surface area contributed by atoms with E-state index in [1.807, 2.05) is 25.1 Å². The van der Waals surface area contributed by atoms with Crippen LogP contribution in [0.4, 0.5) is 11.4 Å². The lowest BCUT2D eigenvalue weighted by Crippen LogP contribution is -2.23. The summed E-state index contributed by atoms with van der Waals surface area (Å²) in [6, 6.07) is 8.68. The van der Waals surface area contributed by atoms with E-state index in [0.29, 0.717) is 5.69 Å². The Kier molecular flexibility index (Phi) is 3.97. The minimum absolute atomic E-state index is 0.457. The molecule has 0 heterocycles. The minimum Gasteiger partial charge on any atom is -0.378 e. The van der Waals surface area contributed by atoms with Crippen molar-refractivity contribution < 1.29 is 8.42 Å². The zero-order chi connectivity index (χ0) is 13.1. The molecule has 92 valence electrons. The second kappa shape index (κ2) is 5.06. The van der Waals surface area contributed by atoms with Gasteiger partial charge in [-0.15, -0.1) is 0 Å². The van der Waals surface area contributed by atoms with Gasteiger partial charge in [0.2, 0.25) is 10.0 Å². The maximum atomic E-state index is 11.7. The summed E-state index contributed by atoms with van der Waals surface area (Å²) in [6.07, 6.45) is 0. The molecule has 0 aliphatic carbocycles. The Morgan fingerprint density at radius 2 is 2.06 bits per heavy atom. The predicted molar refractivity (Wildman–Crippen MR) is 68.4 cm³/mol. The second-order valence-electron chi connectivity index (χ2n) is 3.86. The van der Waals surface area contributed by atoms with Crippen molar-refractivity contribution in [3.05, 3.63) is 24.3 Å². The number of rotatable bonds is 4. The smallest absolute Gasteiger partial charge is 0.248 e. The van der Waals surface area contributed by atoms with E-state index < -0.39 is 15.3 Å². The molecule has 1 aromatic carbocycles. The molecule has 0 bridgehead atoms. The highest BCUT2D eigenvalue weighted by molar-refractivity contribution is 7.93. The lowest BCUT2D eigenvalue weighted by Gasteiger charge is -2.15. The van der Waals surface area contributed by atoms with Crippen molar-refractivity contribution in [3.8, 4) is 6.07 Å². The van der Waals surface area contributed by atoms with Crippen molar-refractivity contribution in [1.29, 1.82) is 5.26 Å². The molecule has 1 unspecified atom stereocenters. The van der Waals surface area contributed by atoms with Crippen molar-refractivity contribution in [2.75, 3.05) is 23.7 Å². The first-order valence-corrected chi connectivity index (χ1v) is 6.60. The molecule has 1 N–H and O–H groups in total. The summed E-state index contributed by atoms with van der Waals surface area (Å²) in [5.74, 6) is 0. The van der Waals surface area contributed by atoms with Gasteiger partial charge >= 0.3 is 0 Å². The van der Waals surface area contributed by atoms with Crippen molar-refractivity contribution in [3.63, 3.8) is 0 Å². The van der Waals surface area contributed by atoms with Gasteiger partial charge in [-0.1, -0.05) is 6.07 Å². The Labute approximate surface area is 102 Å². The van der Waals surface area contributed by atoms with Gasteiger partial charge < -0.3 is 4.90 Å². The topological polar surface area (TPSA) is 73.2 Å². The Morgan fingerprint density at radius 1 is 1.41 bits per heavy atom. The molecule has 17 heavy (non-hydrogen) atoms. The normalized spacial score (nSPS) is 12.6. The molecule has 0 saturated carbocycles. The van der Waals surface area contributed by atoms with E-state index in [9.17, 15) is 8.42 Å². The number of nitrogens with one attached hydrogen (secondary N) is 1. The molecule has 0 amide bonds. The van der Waals surface area contributed by atoms with Crippen LogP contribution in [0.5, 0.6) is 0 Å². The highest BCUT2D eigenvalue weighted by Gasteiger charge is 2.19. The third-order valence-electron chi connectivity index (χ3n) is 2.27. The van der Waals surface area contributed by atoms with Gasteiger partial charge in [0.15, 0.2) is 5.25 Å². The van der Waals surface area contributed by atoms with Crippen molar-refractivity contribution >= 4 is 21.4 Å².